The van der Waals surface area contributed by atoms with Gasteiger partial charge in [0.15, 0.2) is 11.5 Å². The molecule has 4 heterocycles. The first kappa shape index (κ1) is 15.9. The molecule has 1 saturated carbocycles. The van der Waals surface area contributed by atoms with Crippen molar-refractivity contribution in [3.63, 3.8) is 0 Å². The van der Waals surface area contributed by atoms with E-state index >= 15 is 0 Å². The van der Waals surface area contributed by atoms with Crippen LogP contribution in [0.25, 0.3) is 5.65 Å². The van der Waals surface area contributed by atoms with E-state index in [-0.39, 0.29) is 5.91 Å². The topological polar surface area (TPSA) is 63.4 Å². The maximum absolute atomic E-state index is 12.6. The zero-order valence-corrected chi connectivity index (χ0v) is 15.6. The van der Waals surface area contributed by atoms with E-state index in [1.165, 1.54) is 17.7 Å². The van der Waals surface area contributed by atoms with Gasteiger partial charge in [0.1, 0.15) is 0 Å². The van der Waals surface area contributed by atoms with E-state index in [9.17, 15) is 4.79 Å². The molecule has 7 heteroatoms. The first-order valence-corrected chi connectivity index (χ1v) is 10.1. The third-order valence-corrected chi connectivity index (χ3v) is 6.39. The normalized spacial score (nSPS) is 18.6. The Morgan fingerprint density at radius 3 is 2.54 bits per heavy atom. The summed E-state index contributed by atoms with van der Waals surface area (Å²) in [4.78, 5) is 16.6. The minimum atomic E-state index is 0.154. The lowest BCUT2D eigenvalue weighted by atomic mass is 9.96. The largest absolute Gasteiger partial charge is 0.338 e. The highest BCUT2D eigenvalue weighted by Gasteiger charge is 2.30. The molecule has 3 aromatic heterocycles. The third kappa shape index (κ3) is 2.80. The molecule has 5 rings (SSSR count). The maximum Gasteiger partial charge on any atom is 0.263 e. The van der Waals surface area contributed by atoms with Crippen LogP contribution in [0.5, 0.6) is 0 Å². The van der Waals surface area contributed by atoms with Gasteiger partial charge in [0.05, 0.1) is 10.6 Å². The molecule has 26 heavy (non-hydrogen) atoms. The fourth-order valence-electron chi connectivity index (χ4n) is 3.72. The van der Waals surface area contributed by atoms with Crippen LogP contribution in [0.15, 0.2) is 24.3 Å². The molecule has 0 N–H and O–H groups in total. The second-order valence-electron chi connectivity index (χ2n) is 7.34. The fraction of sp³-hybridized carbons (Fsp3) is 0.474. The van der Waals surface area contributed by atoms with E-state index in [2.05, 4.69) is 16.3 Å². The van der Waals surface area contributed by atoms with Crippen molar-refractivity contribution in [1.29, 1.82) is 0 Å². The number of thiophene rings is 1. The molecule has 134 valence electrons. The Morgan fingerprint density at radius 2 is 1.85 bits per heavy atom. The van der Waals surface area contributed by atoms with Crippen LogP contribution in [-0.2, 0) is 0 Å². The average Bonchev–Trinajstić information content (AvgIpc) is 3.30. The van der Waals surface area contributed by atoms with Gasteiger partial charge in [0.25, 0.3) is 5.91 Å². The van der Waals surface area contributed by atoms with Crippen molar-refractivity contribution in [3.8, 4) is 0 Å². The second-order valence-corrected chi connectivity index (χ2v) is 8.63. The summed E-state index contributed by atoms with van der Waals surface area (Å²) in [6.07, 6.45) is 4.29. The van der Waals surface area contributed by atoms with Crippen LogP contribution in [-0.4, -0.2) is 43.7 Å². The lowest BCUT2D eigenvalue weighted by molar-refractivity contribution is 0.0715. The van der Waals surface area contributed by atoms with Gasteiger partial charge < -0.3 is 4.90 Å². The van der Waals surface area contributed by atoms with E-state index < -0.39 is 0 Å². The predicted octanol–water partition coefficient (Wildman–Crippen LogP) is 3.39. The Kier molecular flexibility index (Phi) is 3.77. The maximum atomic E-state index is 12.6. The zero-order chi connectivity index (χ0) is 17.7. The molecule has 0 radical (unpaired) electrons. The quantitative estimate of drug-likeness (QED) is 0.712. The molecular weight excluding hydrogens is 346 g/mol. The van der Waals surface area contributed by atoms with Gasteiger partial charge in [-0.2, -0.15) is 9.61 Å². The summed E-state index contributed by atoms with van der Waals surface area (Å²) in [6.45, 7) is 3.56. The molecule has 1 saturated heterocycles. The smallest absolute Gasteiger partial charge is 0.263 e. The molecule has 1 amide bonds. The third-order valence-electron chi connectivity index (χ3n) is 5.40. The van der Waals surface area contributed by atoms with Gasteiger partial charge in [-0.05, 0) is 56.9 Å². The van der Waals surface area contributed by atoms with Gasteiger partial charge in [0, 0.05) is 29.8 Å². The van der Waals surface area contributed by atoms with Gasteiger partial charge in [-0.15, -0.1) is 21.5 Å². The summed E-state index contributed by atoms with van der Waals surface area (Å²) in [5.74, 6) is 2.02. The summed E-state index contributed by atoms with van der Waals surface area (Å²) < 4.78 is 1.93. The molecule has 0 spiro atoms. The number of nitrogens with zero attached hydrogens (tertiary/aromatic N) is 5. The summed E-state index contributed by atoms with van der Waals surface area (Å²) >= 11 is 1.57. The van der Waals surface area contributed by atoms with E-state index in [4.69, 9.17) is 5.10 Å². The molecule has 1 aliphatic carbocycles. The molecular formula is C19H21N5OS. The van der Waals surface area contributed by atoms with Crippen LogP contribution < -0.4 is 0 Å². The van der Waals surface area contributed by atoms with Gasteiger partial charge >= 0.3 is 0 Å². The highest BCUT2D eigenvalue weighted by atomic mass is 32.1. The number of fused-ring (bicyclic) bond motifs is 1. The summed E-state index contributed by atoms with van der Waals surface area (Å²) in [6, 6.07) is 8.05. The predicted molar refractivity (Wildman–Crippen MR) is 99.7 cm³/mol. The number of aromatic nitrogens is 4. The SMILES string of the molecule is Cc1ccc(C(=O)N2CCC(c3nnc4ccc(C5CC5)nn34)CC2)s1. The van der Waals surface area contributed by atoms with Crippen molar-refractivity contribution in [3.05, 3.63) is 45.5 Å². The van der Waals surface area contributed by atoms with Crippen molar-refractivity contribution < 1.29 is 4.79 Å². The number of rotatable bonds is 3. The highest BCUT2D eigenvalue weighted by molar-refractivity contribution is 7.13. The van der Waals surface area contributed by atoms with Gasteiger partial charge in [0.2, 0.25) is 0 Å². The van der Waals surface area contributed by atoms with Crippen LogP contribution in [0.1, 0.15) is 63.6 Å². The number of likely N-dealkylation sites (tertiary alicyclic amines) is 1. The molecule has 2 fully saturated rings. The molecule has 0 unspecified atom stereocenters. The molecule has 6 nitrogen and oxygen atoms in total. The van der Waals surface area contributed by atoms with Gasteiger partial charge in [-0.25, -0.2) is 0 Å². The monoisotopic (exact) mass is 367 g/mol. The molecule has 1 aliphatic heterocycles. The van der Waals surface area contributed by atoms with Crippen molar-refractivity contribution >= 4 is 22.9 Å². The van der Waals surface area contributed by atoms with Crippen LogP contribution in [0.4, 0.5) is 0 Å². The number of amides is 1. The molecule has 3 aromatic rings. The van der Waals surface area contributed by atoms with E-state index in [0.717, 1.165) is 48.0 Å². The standard InChI is InChI=1S/C19H21N5OS/c1-12-2-6-16(26-12)19(25)23-10-8-14(9-11-23)18-21-20-17-7-5-15(13-3-4-13)22-24(17)18/h2,5-7,13-14H,3-4,8-11H2,1H3. The van der Waals surface area contributed by atoms with Gasteiger partial charge in [-0.1, -0.05) is 0 Å². The number of hydrogen-bond acceptors (Lipinski definition) is 5. The lowest BCUT2D eigenvalue weighted by Gasteiger charge is -2.30. The molecule has 2 aliphatic rings. The van der Waals surface area contributed by atoms with Crippen LogP contribution in [0.2, 0.25) is 0 Å². The number of aryl methyl sites for hydroxylation is 1. The zero-order valence-electron chi connectivity index (χ0n) is 14.8. The van der Waals surface area contributed by atoms with Crippen molar-refractivity contribution in [2.24, 2.45) is 0 Å². The Bertz CT molecular complexity index is 965. The van der Waals surface area contributed by atoms with Gasteiger partial charge in [-0.3, -0.25) is 4.79 Å². The van der Waals surface area contributed by atoms with E-state index in [1.54, 1.807) is 11.3 Å². The minimum absolute atomic E-state index is 0.154. The van der Waals surface area contributed by atoms with E-state index in [1.807, 2.05) is 34.5 Å². The molecule has 0 aromatic carbocycles. The fourth-order valence-corrected chi connectivity index (χ4v) is 4.55. The van der Waals surface area contributed by atoms with Crippen molar-refractivity contribution in [2.45, 2.75) is 44.4 Å². The molecule has 0 bridgehead atoms. The number of piperidine rings is 1. The Hall–Kier alpha value is -2.28. The number of carbonyl (C=O) groups excluding carboxylic acids is 1. The Balaban J connectivity index is 1.33. The first-order chi connectivity index (χ1) is 12.7. The Labute approximate surface area is 155 Å². The minimum Gasteiger partial charge on any atom is -0.338 e. The summed E-state index contributed by atoms with van der Waals surface area (Å²) in [5, 5.41) is 13.5. The molecule has 0 atom stereocenters. The number of carbonyl (C=O) groups is 1. The Morgan fingerprint density at radius 1 is 1.04 bits per heavy atom. The first-order valence-electron chi connectivity index (χ1n) is 9.27. The van der Waals surface area contributed by atoms with Crippen LogP contribution in [0, 0.1) is 6.92 Å². The average molecular weight is 367 g/mol. The van der Waals surface area contributed by atoms with Crippen molar-refractivity contribution in [2.75, 3.05) is 13.1 Å². The van der Waals surface area contributed by atoms with Crippen LogP contribution >= 0.6 is 11.3 Å². The highest BCUT2D eigenvalue weighted by Crippen LogP contribution is 2.39. The second kappa shape index (κ2) is 6.16. The lowest BCUT2D eigenvalue weighted by Crippen LogP contribution is -2.38. The summed E-state index contributed by atoms with van der Waals surface area (Å²) in [7, 11) is 0. The number of hydrogen-bond donors (Lipinski definition) is 0. The van der Waals surface area contributed by atoms with Crippen molar-refractivity contribution in [1.82, 2.24) is 24.7 Å². The summed E-state index contributed by atoms with van der Waals surface area (Å²) in [5.41, 5.74) is 1.97. The van der Waals surface area contributed by atoms with Crippen LogP contribution in [0.3, 0.4) is 0 Å². The van der Waals surface area contributed by atoms with E-state index in [0.29, 0.717) is 11.8 Å².